The number of nitrogens with zero attached hydrogens (tertiary/aromatic N) is 4. The van der Waals surface area contributed by atoms with E-state index in [1.165, 1.54) is 12.1 Å². The van der Waals surface area contributed by atoms with E-state index >= 15 is 0 Å². The van der Waals surface area contributed by atoms with Crippen LogP contribution in [0.25, 0.3) is 0 Å². The Hall–Kier alpha value is -2.69. The molecule has 1 unspecified atom stereocenters. The molecular formula is C20H31ClN8O2. The molecule has 170 valence electrons. The van der Waals surface area contributed by atoms with Crippen LogP contribution in [-0.4, -0.2) is 44.9 Å². The zero-order valence-electron chi connectivity index (χ0n) is 18.4. The van der Waals surface area contributed by atoms with Crippen molar-refractivity contribution in [2.45, 2.75) is 59.3 Å². The maximum absolute atomic E-state index is 10.2. The molecule has 1 aromatic heterocycles. The van der Waals surface area contributed by atoms with Gasteiger partial charge in [-0.3, -0.25) is 10.0 Å². The first kappa shape index (κ1) is 23.0. The summed E-state index contributed by atoms with van der Waals surface area (Å²) < 4.78 is 0. The molecule has 1 aliphatic rings. The Labute approximate surface area is 187 Å². The summed E-state index contributed by atoms with van der Waals surface area (Å²) in [7, 11) is 0. The monoisotopic (exact) mass is 450 g/mol. The number of halogens is 1. The molecule has 0 bridgehead atoms. The standard InChI is InChI=1S/C20H31ClN8O2/c1-10(2)28-17-18(23-9-14-15(30)6-13(21)7-16(14)31)25-20(24-8-12(5)22)26-19(17)29(27-28)11(3)4/h6-7,10-12,27,30-31H,8-9,22H2,1-5H3,(H2,23,24,25,26). The molecule has 0 fully saturated rings. The Morgan fingerprint density at radius 2 is 1.65 bits per heavy atom. The number of hydrogen-bond acceptors (Lipinski definition) is 10. The van der Waals surface area contributed by atoms with Gasteiger partial charge in [-0.1, -0.05) is 11.6 Å². The van der Waals surface area contributed by atoms with Crippen molar-refractivity contribution in [3.05, 3.63) is 22.7 Å². The van der Waals surface area contributed by atoms with Gasteiger partial charge >= 0.3 is 0 Å². The molecule has 1 aromatic carbocycles. The van der Waals surface area contributed by atoms with Crippen molar-refractivity contribution in [3.63, 3.8) is 0 Å². The number of hydrogen-bond donors (Lipinski definition) is 6. The normalized spacial score (nSPS) is 14.4. The van der Waals surface area contributed by atoms with Crippen LogP contribution in [0.15, 0.2) is 12.1 Å². The van der Waals surface area contributed by atoms with Crippen LogP contribution in [0.4, 0.5) is 23.3 Å². The molecule has 11 heteroatoms. The number of nitrogens with one attached hydrogen (secondary N) is 3. The number of aromatic nitrogens is 2. The van der Waals surface area contributed by atoms with E-state index in [1.807, 2.05) is 16.9 Å². The number of benzene rings is 1. The largest absolute Gasteiger partial charge is 0.507 e. The predicted molar refractivity (Wildman–Crippen MR) is 125 cm³/mol. The van der Waals surface area contributed by atoms with Gasteiger partial charge in [-0.15, -0.1) is 5.53 Å². The number of aromatic hydroxyl groups is 2. The highest BCUT2D eigenvalue weighted by atomic mass is 35.5. The molecule has 10 nitrogen and oxygen atoms in total. The Morgan fingerprint density at radius 3 is 2.19 bits per heavy atom. The van der Waals surface area contributed by atoms with Gasteiger partial charge in [-0.2, -0.15) is 9.97 Å². The minimum atomic E-state index is -0.0962. The fourth-order valence-electron chi connectivity index (χ4n) is 3.20. The van der Waals surface area contributed by atoms with Crippen molar-refractivity contribution in [2.75, 3.05) is 27.2 Å². The Bertz CT molecular complexity index is 915. The molecule has 1 atom stereocenters. The fourth-order valence-corrected chi connectivity index (χ4v) is 3.40. The highest BCUT2D eigenvalue weighted by Crippen LogP contribution is 2.41. The first-order valence-electron chi connectivity index (χ1n) is 10.3. The second-order valence-corrected chi connectivity index (χ2v) is 8.67. The second kappa shape index (κ2) is 9.21. The van der Waals surface area contributed by atoms with E-state index in [-0.39, 0.29) is 41.2 Å². The molecular weight excluding hydrogens is 420 g/mol. The second-order valence-electron chi connectivity index (χ2n) is 8.23. The smallest absolute Gasteiger partial charge is 0.226 e. The molecule has 1 aliphatic heterocycles. The van der Waals surface area contributed by atoms with E-state index < -0.39 is 0 Å². The third kappa shape index (κ3) is 4.97. The molecule has 3 rings (SSSR count). The molecule has 2 heterocycles. The Balaban J connectivity index is 2.02. The van der Waals surface area contributed by atoms with Crippen LogP contribution in [0.3, 0.4) is 0 Å². The van der Waals surface area contributed by atoms with Crippen LogP contribution < -0.4 is 31.9 Å². The van der Waals surface area contributed by atoms with Gasteiger partial charge in [0.1, 0.15) is 17.2 Å². The number of fused-ring (bicyclic) bond motifs is 1. The van der Waals surface area contributed by atoms with Crippen LogP contribution in [-0.2, 0) is 6.54 Å². The summed E-state index contributed by atoms with van der Waals surface area (Å²) in [6.07, 6.45) is 0. The zero-order valence-corrected chi connectivity index (χ0v) is 19.2. The lowest BCUT2D eigenvalue weighted by molar-refractivity contribution is 0.440. The maximum atomic E-state index is 10.2. The average Bonchev–Trinajstić information content (AvgIpc) is 3.05. The molecule has 31 heavy (non-hydrogen) atoms. The van der Waals surface area contributed by atoms with Gasteiger partial charge in [0.15, 0.2) is 11.6 Å². The maximum Gasteiger partial charge on any atom is 0.226 e. The number of rotatable bonds is 8. The van der Waals surface area contributed by atoms with E-state index in [9.17, 15) is 10.2 Å². The van der Waals surface area contributed by atoms with Gasteiger partial charge in [0, 0.05) is 36.2 Å². The summed E-state index contributed by atoms with van der Waals surface area (Å²) >= 11 is 5.90. The molecule has 0 saturated carbocycles. The minimum absolute atomic E-state index is 0.0669. The summed E-state index contributed by atoms with van der Waals surface area (Å²) in [6.45, 7) is 10.8. The lowest BCUT2D eigenvalue weighted by Gasteiger charge is -2.27. The number of phenolic OH excluding ortho intramolecular Hbond substituents is 2. The van der Waals surface area contributed by atoms with Crippen molar-refractivity contribution in [1.29, 1.82) is 0 Å². The average molecular weight is 451 g/mol. The third-order valence-electron chi connectivity index (χ3n) is 4.77. The van der Waals surface area contributed by atoms with Crippen LogP contribution in [0.1, 0.15) is 40.2 Å². The van der Waals surface area contributed by atoms with Crippen LogP contribution in [0, 0.1) is 0 Å². The van der Waals surface area contributed by atoms with Gasteiger partial charge in [-0.25, -0.2) is 0 Å². The molecule has 0 saturated heterocycles. The van der Waals surface area contributed by atoms with Crippen LogP contribution in [0.5, 0.6) is 11.5 Å². The van der Waals surface area contributed by atoms with Gasteiger partial charge < -0.3 is 26.6 Å². The van der Waals surface area contributed by atoms with Crippen molar-refractivity contribution >= 4 is 34.9 Å². The van der Waals surface area contributed by atoms with Gasteiger partial charge in [0.2, 0.25) is 5.95 Å². The van der Waals surface area contributed by atoms with E-state index in [0.717, 1.165) is 11.5 Å². The summed E-state index contributed by atoms with van der Waals surface area (Å²) in [5.74, 6) is 1.51. The van der Waals surface area contributed by atoms with Crippen molar-refractivity contribution < 1.29 is 10.2 Å². The van der Waals surface area contributed by atoms with Crippen molar-refractivity contribution in [3.8, 4) is 11.5 Å². The number of anilines is 4. The van der Waals surface area contributed by atoms with Crippen molar-refractivity contribution in [1.82, 2.24) is 15.5 Å². The minimum Gasteiger partial charge on any atom is -0.507 e. The SMILES string of the molecule is CC(N)CNc1nc(NCc2c(O)cc(Cl)cc2O)c2c(n1)N(C(C)C)NN2C(C)C. The van der Waals surface area contributed by atoms with Gasteiger partial charge in [0.25, 0.3) is 0 Å². The van der Waals surface area contributed by atoms with Crippen LogP contribution >= 0.6 is 11.6 Å². The van der Waals surface area contributed by atoms with Crippen molar-refractivity contribution in [2.24, 2.45) is 5.73 Å². The summed E-state index contributed by atoms with van der Waals surface area (Å²) in [6, 6.07) is 2.96. The van der Waals surface area contributed by atoms with E-state index in [0.29, 0.717) is 23.9 Å². The van der Waals surface area contributed by atoms with E-state index in [1.54, 1.807) is 0 Å². The van der Waals surface area contributed by atoms with E-state index in [2.05, 4.69) is 48.8 Å². The Morgan fingerprint density at radius 1 is 1.03 bits per heavy atom. The van der Waals surface area contributed by atoms with Crippen LogP contribution in [0.2, 0.25) is 5.02 Å². The Kier molecular flexibility index (Phi) is 6.83. The quantitative estimate of drug-likeness (QED) is 0.356. The molecule has 0 spiro atoms. The lowest BCUT2D eigenvalue weighted by atomic mass is 10.1. The molecule has 7 N–H and O–H groups in total. The number of hydrazine groups is 2. The first-order valence-corrected chi connectivity index (χ1v) is 10.7. The van der Waals surface area contributed by atoms with Gasteiger partial charge in [-0.05, 0) is 46.8 Å². The number of nitrogens with two attached hydrogens (primary N) is 1. The first-order chi connectivity index (χ1) is 14.6. The highest BCUT2D eigenvalue weighted by molar-refractivity contribution is 6.30. The van der Waals surface area contributed by atoms with E-state index in [4.69, 9.17) is 22.3 Å². The zero-order chi connectivity index (χ0) is 22.9. The molecule has 0 radical (unpaired) electrons. The number of phenols is 2. The topological polar surface area (TPSA) is 135 Å². The molecule has 0 aliphatic carbocycles. The molecule has 0 amide bonds. The third-order valence-corrected chi connectivity index (χ3v) is 4.98. The molecule has 2 aromatic rings. The summed E-state index contributed by atoms with van der Waals surface area (Å²) in [5, 5.41) is 31.1. The highest BCUT2D eigenvalue weighted by Gasteiger charge is 2.34. The van der Waals surface area contributed by atoms with Gasteiger partial charge in [0.05, 0.1) is 5.56 Å². The summed E-state index contributed by atoms with van der Waals surface area (Å²) in [5.41, 5.74) is 10.4. The summed E-state index contributed by atoms with van der Waals surface area (Å²) in [4.78, 5) is 9.36. The predicted octanol–water partition coefficient (Wildman–Crippen LogP) is 2.78. The fraction of sp³-hybridized carbons (Fsp3) is 0.500. The lowest BCUT2D eigenvalue weighted by Crippen LogP contribution is -2.50.